The number of hydrogen-bond donors (Lipinski definition) is 1. The largest absolute Gasteiger partial charge is 0.444 e. The first-order chi connectivity index (χ1) is 9.76. The summed E-state index contributed by atoms with van der Waals surface area (Å²) in [5.41, 5.74) is -0.459. The van der Waals surface area contributed by atoms with Crippen molar-refractivity contribution in [3.05, 3.63) is 0 Å². The van der Waals surface area contributed by atoms with Crippen molar-refractivity contribution in [1.82, 2.24) is 10.2 Å². The van der Waals surface area contributed by atoms with Gasteiger partial charge >= 0.3 is 6.09 Å². The van der Waals surface area contributed by atoms with E-state index in [9.17, 15) is 9.59 Å². The number of ether oxygens (including phenoxy) is 1. The van der Waals surface area contributed by atoms with Crippen molar-refractivity contribution >= 4 is 12.0 Å². The molecular weight excluding hydrogens is 268 g/mol. The molecule has 0 unspecified atom stereocenters. The molecule has 0 saturated heterocycles. The highest BCUT2D eigenvalue weighted by Gasteiger charge is 2.15. The van der Waals surface area contributed by atoms with E-state index in [-0.39, 0.29) is 12.0 Å². The first kappa shape index (κ1) is 19.7. The summed E-state index contributed by atoms with van der Waals surface area (Å²) in [6.45, 7) is 9.08. The summed E-state index contributed by atoms with van der Waals surface area (Å²) in [4.78, 5) is 25.0. The lowest BCUT2D eigenvalue weighted by Gasteiger charge is -2.19. The number of amides is 2. The van der Waals surface area contributed by atoms with Crippen LogP contribution in [0.25, 0.3) is 0 Å². The molecule has 21 heavy (non-hydrogen) atoms. The average Bonchev–Trinajstić information content (AvgIpc) is 2.37. The maximum atomic E-state index is 11.8. The maximum absolute atomic E-state index is 11.8. The van der Waals surface area contributed by atoms with Crippen LogP contribution in [0.3, 0.4) is 0 Å². The number of nitrogens with zero attached hydrogens (tertiary/aromatic N) is 1. The number of rotatable bonds is 9. The van der Waals surface area contributed by atoms with Gasteiger partial charge < -0.3 is 15.0 Å². The molecule has 5 nitrogen and oxygen atoms in total. The Balaban J connectivity index is 3.56. The molecule has 0 aliphatic carbocycles. The van der Waals surface area contributed by atoms with Gasteiger partial charge in [0.1, 0.15) is 5.60 Å². The van der Waals surface area contributed by atoms with Gasteiger partial charge in [-0.2, -0.15) is 0 Å². The molecule has 0 bridgehead atoms. The minimum Gasteiger partial charge on any atom is -0.444 e. The monoisotopic (exact) mass is 300 g/mol. The molecule has 0 aliphatic heterocycles. The predicted octanol–water partition coefficient (Wildman–Crippen LogP) is 3.33. The molecule has 0 heterocycles. The van der Waals surface area contributed by atoms with Crippen molar-refractivity contribution < 1.29 is 14.3 Å². The molecule has 0 saturated carbocycles. The fraction of sp³-hybridized carbons (Fsp3) is 0.875. The number of carbonyl (C=O) groups is 2. The van der Waals surface area contributed by atoms with E-state index in [4.69, 9.17) is 4.74 Å². The molecule has 0 radical (unpaired) electrons. The van der Waals surface area contributed by atoms with E-state index < -0.39 is 5.60 Å². The van der Waals surface area contributed by atoms with Gasteiger partial charge in [-0.3, -0.25) is 4.79 Å². The Bertz CT molecular complexity index is 311. The molecule has 0 spiro atoms. The van der Waals surface area contributed by atoms with Gasteiger partial charge in [0.05, 0.1) is 0 Å². The third-order valence-electron chi connectivity index (χ3n) is 3.01. The molecule has 0 aliphatic rings. The summed E-state index contributed by atoms with van der Waals surface area (Å²) in [6.07, 6.45) is 5.04. The lowest BCUT2D eigenvalue weighted by molar-refractivity contribution is -0.130. The van der Waals surface area contributed by atoms with Crippen LogP contribution in [0.1, 0.15) is 66.2 Å². The molecule has 5 heteroatoms. The van der Waals surface area contributed by atoms with Crippen molar-refractivity contribution in [3.8, 4) is 0 Å². The van der Waals surface area contributed by atoms with Crippen LogP contribution in [-0.4, -0.2) is 42.6 Å². The summed E-state index contributed by atoms with van der Waals surface area (Å²) in [5.74, 6) is 0.212. The molecule has 0 atom stereocenters. The number of unbranched alkanes of at least 4 members (excludes halogenated alkanes) is 3. The standard InChI is InChI=1S/C16H32N2O3/c1-6-7-13-18(5)14(19)11-9-8-10-12-17-15(20)21-16(2,3)4/h6-13H2,1-5H3,(H,17,20). The zero-order valence-electron chi connectivity index (χ0n) is 14.3. The zero-order valence-corrected chi connectivity index (χ0v) is 14.3. The first-order valence-electron chi connectivity index (χ1n) is 7.97. The molecule has 0 fully saturated rings. The third kappa shape index (κ3) is 12.2. The van der Waals surface area contributed by atoms with Gasteiger partial charge in [-0.15, -0.1) is 0 Å². The predicted molar refractivity (Wildman–Crippen MR) is 85.2 cm³/mol. The van der Waals surface area contributed by atoms with Gasteiger partial charge in [0.15, 0.2) is 0 Å². The SMILES string of the molecule is CCCCN(C)C(=O)CCCCCNC(=O)OC(C)(C)C. The van der Waals surface area contributed by atoms with Crippen LogP contribution in [0.4, 0.5) is 4.79 Å². The van der Waals surface area contributed by atoms with Crippen LogP contribution >= 0.6 is 0 Å². The highest BCUT2D eigenvalue weighted by Crippen LogP contribution is 2.07. The number of nitrogens with one attached hydrogen (secondary N) is 1. The lowest BCUT2D eigenvalue weighted by atomic mass is 10.1. The van der Waals surface area contributed by atoms with E-state index in [2.05, 4.69) is 12.2 Å². The van der Waals surface area contributed by atoms with Gasteiger partial charge in [-0.05, 0) is 40.0 Å². The number of hydrogen-bond acceptors (Lipinski definition) is 3. The maximum Gasteiger partial charge on any atom is 0.407 e. The summed E-state index contributed by atoms with van der Waals surface area (Å²) < 4.78 is 5.14. The average molecular weight is 300 g/mol. The number of alkyl carbamates (subject to hydrolysis) is 1. The second-order valence-electron chi connectivity index (χ2n) is 6.41. The van der Waals surface area contributed by atoms with Crippen molar-refractivity contribution in [2.75, 3.05) is 20.1 Å². The summed E-state index contributed by atoms with van der Waals surface area (Å²) >= 11 is 0. The van der Waals surface area contributed by atoms with E-state index in [1.54, 1.807) is 0 Å². The zero-order chi connectivity index (χ0) is 16.3. The lowest BCUT2D eigenvalue weighted by Crippen LogP contribution is -2.33. The fourth-order valence-corrected chi connectivity index (χ4v) is 1.79. The molecular formula is C16H32N2O3. The Morgan fingerprint density at radius 2 is 1.76 bits per heavy atom. The highest BCUT2D eigenvalue weighted by molar-refractivity contribution is 5.75. The summed E-state index contributed by atoms with van der Waals surface area (Å²) in [7, 11) is 1.86. The Morgan fingerprint density at radius 1 is 1.10 bits per heavy atom. The van der Waals surface area contributed by atoms with Crippen molar-refractivity contribution in [3.63, 3.8) is 0 Å². The molecule has 1 N–H and O–H groups in total. The topological polar surface area (TPSA) is 58.6 Å². The van der Waals surface area contributed by atoms with Crippen LogP contribution in [0.15, 0.2) is 0 Å². The second-order valence-corrected chi connectivity index (χ2v) is 6.41. The van der Waals surface area contributed by atoms with Gasteiger partial charge in [-0.1, -0.05) is 19.8 Å². The van der Waals surface area contributed by atoms with Crippen LogP contribution in [0.2, 0.25) is 0 Å². The quantitative estimate of drug-likeness (QED) is 0.664. The van der Waals surface area contributed by atoms with E-state index in [0.717, 1.165) is 38.6 Å². The molecule has 0 rings (SSSR count). The van der Waals surface area contributed by atoms with Crippen LogP contribution in [0.5, 0.6) is 0 Å². The minimum absolute atomic E-state index is 0.212. The van der Waals surface area contributed by atoms with Gasteiger partial charge in [0, 0.05) is 26.6 Å². The summed E-state index contributed by atoms with van der Waals surface area (Å²) in [5, 5.41) is 2.72. The van der Waals surface area contributed by atoms with E-state index in [1.807, 2.05) is 32.7 Å². The van der Waals surface area contributed by atoms with Gasteiger partial charge in [-0.25, -0.2) is 4.79 Å². The Kier molecular flexibility index (Phi) is 9.84. The van der Waals surface area contributed by atoms with Crippen LogP contribution in [0, 0.1) is 0 Å². The second kappa shape index (κ2) is 10.5. The van der Waals surface area contributed by atoms with E-state index in [1.165, 1.54) is 0 Å². The van der Waals surface area contributed by atoms with Crippen LogP contribution in [-0.2, 0) is 9.53 Å². The van der Waals surface area contributed by atoms with Crippen LogP contribution < -0.4 is 5.32 Å². The Morgan fingerprint density at radius 3 is 2.33 bits per heavy atom. The minimum atomic E-state index is -0.459. The van der Waals surface area contributed by atoms with Gasteiger partial charge in [0.25, 0.3) is 0 Å². The molecule has 124 valence electrons. The first-order valence-corrected chi connectivity index (χ1v) is 7.97. The molecule has 2 amide bonds. The molecule has 0 aromatic rings. The highest BCUT2D eigenvalue weighted by atomic mass is 16.6. The molecule has 0 aromatic carbocycles. The Hall–Kier alpha value is -1.26. The Labute approximate surface area is 129 Å². The van der Waals surface area contributed by atoms with E-state index in [0.29, 0.717) is 13.0 Å². The van der Waals surface area contributed by atoms with Crippen molar-refractivity contribution in [1.29, 1.82) is 0 Å². The van der Waals surface area contributed by atoms with E-state index >= 15 is 0 Å². The summed E-state index contributed by atoms with van der Waals surface area (Å²) in [6, 6.07) is 0. The number of carbonyl (C=O) groups excluding carboxylic acids is 2. The smallest absolute Gasteiger partial charge is 0.407 e. The normalized spacial score (nSPS) is 11.1. The third-order valence-corrected chi connectivity index (χ3v) is 3.01. The van der Waals surface area contributed by atoms with Crippen molar-refractivity contribution in [2.45, 2.75) is 71.8 Å². The fourth-order valence-electron chi connectivity index (χ4n) is 1.79. The van der Waals surface area contributed by atoms with Crippen molar-refractivity contribution in [2.24, 2.45) is 0 Å². The van der Waals surface area contributed by atoms with Gasteiger partial charge in [0.2, 0.25) is 5.91 Å². The molecule has 0 aromatic heterocycles.